The lowest BCUT2D eigenvalue weighted by Crippen LogP contribution is -2.39. The van der Waals surface area contributed by atoms with E-state index in [2.05, 4.69) is 54.5 Å². The summed E-state index contributed by atoms with van der Waals surface area (Å²) in [6, 6.07) is 10.3. The van der Waals surface area contributed by atoms with E-state index in [-0.39, 0.29) is 16.6 Å². The zero-order valence-electron chi connectivity index (χ0n) is 17.8. The zero-order chi connectivity index (χ0) is 21.5. The van der Waals surface area contributed by atoms with Crippen LogP contribution in [0.2, 0.25) is 0 Å². The van der Waals surface area contributed by atoms with Crippen LogP contribution in [0.1, 0.15) is 43.7 Å². The van der Waals surface area contributed by atoms with E-state index in [0.29, 0.717) is 17.5 Å². The number of nitrogens with two attached hydrogens (primary N) is 1. The molecule has 1 unspecified atom stereocenters. The fraction of sp³-hybridized carbons (Fsp3) is 0.409. The van der Waals surface area contributed by atoms with Gasteiger partial charge in [0.2, 0.25) is 11.1 Å². The molecule has 0 aliphatic carbocycles. The molecule has 0 saturated heterocycles. The summed E-state index contributed by atoms with van der Waals surface area (Å²) in [5.41, 5.74) is 3.51. The van der Waals surface area contributed by atoms with Gasteiger partial charge >= 0.3 is 0 Å². The first kappa shape index (κ1) is 20.9. The maximum Gasteiger partial charge on any atom is 0.236 e. The van der Waals surface area contributed by atoms with Crippen LogP contribution in [0.4, 0.5) is 0 Å². The molecule has 0 bridgehead atoms. The second-order valence-corrected chi connectivity index (χ2v) is 11.0. The van der Waals surface area contributed by atoms with Crippen LogP contribution in [-0.4, -0.2) is 37.5 Å². The Labute approximate surface area is 185 Å². The van der Waals surface area contributed by atoms with Crippen LogP contribution in [-0.2, 0) is 23.2 Å². The molecule has 1 aliphatic heterocycles. The molecule has 2 aromatic heterocycles. The van der Waals surface area contributed by atoms with Gasteiger partial charge in [0.25, 0.3) is 0 Å². The number of benzene rings is 1. The predicted molar refractivity (Wildman–Crippen MR) is 123 cm³/mol. The van der Waals surface area contributed by atoms with Crippen LogP contribution in [0.3, 0.4) is 0 Å². The second-order valence-electron chi connectivity index (χ2n) is 8.64. The molecule has 8 heteroatoms. The van der Waals surface area contributed by atoms with Gasteiger partial charge in [0.05, 0.1) is 5.25 Å². The summed E-state index contributed by atoms with van der Waals surface area (Å²) in [5, 5.41) is 10.9. The number of thioether (sulfide) groups is 1. The van der Waals surface area contributed by atoms with E-state index >= 15 is 0 Å². The molecule has 158 valence electrons. The molecule has 0 radical (unpaired) electrons. The standard InChI is InChI=1S/C22H27N5OS2/c1-14(20(28)26-11-9-18-16(13-26)10-12-29-18)30-21-25-24-19(27(21)23)15-5-7-17(8-6-15)22(2,3)4/h5-8,10,12,14H,9,11,13,23H2,1-4H3. The Kier molecular flexibility index (Phi) is 5.63. The number of fused-ring (bicyclic) bond motifs is 1. The third-order valence-corrected chi connectivity index (χ3v) is 7.49. The summed E-state index contributed by atoms with van der Waals surface area (Å²) >= 11 is 3.13. The summed E-state index contributed by atoms with van der Waals surface area (Å²) in [6.45, 7) is 9.90. The number of aromatic nitrogens is 3. The van der Waals surface area contributed by atoms with Crippen molar-refractivity contribution in [3.05, 3.63) is 51.7 Å². The third kappa shape index (κ3) is 4.11. The molecule has 4 rings (SSSR count). The maximum atomic E-state index is 13.0. The van der Waals surface area contributed by atoms with Crippen molar-refractivity contribution in [2.24, 2.45) is 0 Å². The van der Waals surface area contributed by atoms with Crippen molar-refractivity contribution in [3.63, 3.8) is 0 Å². The molecule has 0 saturated carbocycles. The van der Waals surface area contributed by atoms with E-state index in [4.69, 9.17) is 5.84 Å². The predicted octanol–water partition coefficient (Wildman–Crippen LogP) is 4.08. The van der Waals surface area contributed by atoms with Crippen molar-refractivity contribution in [1.82, 2.24) is 19.8 Å². The topological polar surface area (TPSA) is 77.0 Å². The van der Waals surface area contributed by atoms with Gasteiger partial charge in [-0.25, -0.2) is 4.68 Å². The van der Waals surface area contributed by atoms with E-state index in [1.54, 1.807) is 11.3 Å². The first-order chi connectivity index (χ1) is 14.2. The summed E-state index contributed by atoms with van der Waals surface area (Å²) in [4.78, 5) is 16.3. The van der Waals surface area contributed by atoms with Crippen LogP contribution in [0.25, 0.3) is 11.4 Å². The summed E-state index contributed by atoms with van der Waals surface area (Å²) < 4.78 is 1.48. The SMILES string of the molecule is CC(Sc1nnc(-c2ccc(C(C)(C)C)cc2)n1N)C(=O)N1CCc2sccc2C1. The van der Waals surface area contributed by atoms with Crippen molar-refractivity contribution in [2.45, 2.75) is 56.5 Å². The molecular formula is C22H27N5OS2. The second kappa shape index (κ2) is 8.07. The van der Waals surface area contributed by atoms with E-state index in [1.165, 1.54) is 32.4 Å². The van der Waals surface area contributed by atoms with Crippen molar-refractivity contribution < 1.29 is 4.79 Å². The molecule has 3 heterocycles. The number of rotatable bonds is 4. The molecule has 1 aliphatic rings. The summed E-state index contributed by atoms with van der Waals surface area (Å²) in [5.74, 6) is 6.99. The number of thiophene rings is 1. The number of nitrogens with zero attached hydrogens (tertiary/aromatic N) is 4. The third-order valence-electron chi connectivity index (χ3n) is 5.42. The Bertz CT molecular complexity index is 1050. The number of amides is 1. The Hall–Kier alpha value is -2.32. The number of carbonyl (C=O) groups is 1. The quantitative estimate of drug-likeness (QED) is 0.488. The minimum absolute atomic E-state index is 0.0873. The normalized spacial score (nSPS) is 15.1. The largest absolute Gasteiger partial charge is 0.337 e. The van der Waals surface area contributed by atoms with Gasteiger partial charge in [-0.2, -0.15) is 0 Å². The first-order valence-corrected chi connectivity index (χ1v) is 11.8. The van der Waals surface area contributed by atoms with Crippen molar-refractivity contribution in [3.8, 4) is 11.4 Å². The Morgan fingerprint density at radius 1 is 1.20 bits per heavy atom. The lowest BCUT2D eigenvalue weighted by molar-refractivity contribution is -0.131. The molecular weight excluding hydrogens is 414 g/mol. The van der Waals surface area contributed by atoms with Crippen molar-refractivity contribution in [1.29, 1.82) is 0 Å². The first-order valence-electron chi connectivity index (χ1n) is 10.1. The molecule has 3 aromatic rings. The van der Waals surface area contributed by atoms with Gasteiger partial charge in [-0.15, -0.1) is 21.5 Å². The van der Waals surface area contributed by atoms with Crippen LogP contribution >= 0.6 is 23.1 Å². The van der Waals surface area contributed by atoms with Crippen LogP contribution < -0.4 is 5.84 Å². The molecule has 30 heavy (non-hydrogen) atoms. The molecule has 1 atom stereocenters. The van der Waals surface area contributed by atoms with E-state index in [1.807, 2.05) is 24.0 Å². The number of carbonyl (C=O) groups excluding carboxylic acids is 1. The Balaban J connectivity index is 1.45. The highest BCUT2D eigenvalue weighted by molar-refractivity contribution is 8.00. The summed E-state index contributed by atoms with van der Waals surface area (Å²) in [6.07, 6.45) is 0.928. The monoisotopic (exact) mass is 441 g/mol. The van der Waals surface area contributed by atoms with Gasteiger partial charge in [-0.1, -0.05) is 56.8 Å². The van der Waals surface area contributed by atoms with Gasteiger partial charge in [0, 0.05) is 23.5 Å². The highest BCUT2D eigenvalue weighted by Crippen LogP contribution is 2.30. The van der Waals surface area contributed by atoms with Crippen LogP contribution in [0, 0.1) is 0 Å². The van der Waals surface area contributed by atoms with Crippen LogP contribution in [0.5, 0.6) is 0 Å². The Morgan fingerprint density at radius 3 is 2.63 bits per heavy atom. The lowest BCUT2D eigenvalue weighted by atomic mass is 9.87. The maximum absolute atomic E-state index is 13.0. The van der Waals surface area contributed by atoms with Crippen molar-refractivity contribution >= 4 is 29.0 Å². The smallest absolute Gasteiger partial charge is 0.236 e. The number of nitrogen functional groups attached to an aromatic ring is 1. The van der Waals surface area contributed by atoms with E-state index in [0.717, 1.165) is 18.5 Å². The molecule has 1 amide bonds. The fourth-order valence-corrected chi connectivity index (χ4v) is 5.32. The highest BCUT2D eigenvalue weighted by Gasteiger charge is 2.27. The van der Waals surface area contributed by atoms with Gasteiger partial charge < -0.3 is 10.7 Å². The van der Waals surface area contributed by atoms with Gasteiger partial charge in [0.15, 0.2) is 5.82 Å². The zero-order valence-corrected chi connectivity index (χ0v) is 19.4. The molecule has 0 fully saturated rings. The molecule has 2 N–H and O–H groups in total. The van der Waals surface area contributed by atoms with Gasteiger partial charge in [0.1, 0.15) is 0 Å². The minimum atomic E-state index is -0.284. The van der Waals surface area contributed by atoms with Gasteiger partial charge in [-0.3, -0.25) is 4.79 Å². The Morgan fingerprint density at radius 2 is 1.93 bits per heavy atom. The van der Waals surface area contributed by atoms with Crippen LogP contribution in [0.15, 0.2) is 40.9 Å². The van der Waals surface area contributed by atoms with Gasteiger partial charge in [-0.05, 0) is 41.3 Å². The highest BCUT2D eigenvalue weighted by atomic mass is 32.2. The molecule has 0 spiro atoms. The van der Waals surface area contributed by atoms with Crippen molar-refractivity contribution in [2.75, 3.05) is 12.4 Å². The average molecular weight is 442 g/mol. The lowest BCUT2D eigenvalue weighted by Gasteiger charge is -2.29. The number of hydrogen-bond donors (Lipinski definition) is 1. The molecule has 6 nitrogen and oxygen atoms in total. The fourth-order valence-electron chi connectivity index (χ4n) is 3.58. The molecule has 1 aromatic carbocycles. The van der Waals surface area contributed by atoms with E-state index < -0.39 is 0 Å². The average Bonchev–Trinajstić information content (AvgIpc) is 3.33. The summed E-state index contributed by atoms with van der Waals surface area (Å²) in [7, 11) is 0. The van der Waals surface area contributed by atoms with E-state index in [9.17, 15) is 4.79 Å². The minimum Gasteiger partial charge on any atom is -0.337 e. The number of hydrogen-bond acceptors (Lipinski definition) is 6.